The van der Waals surface area contributed by atoms with Crippen molar-refractivity contribution in [2.24, 2.45) is 0 Å². The SMILES string of the molecule is CC(CNC(=O)c1nccnc1N)c1nc2ccccc2s1. The molecule has 0 aliphatic carbocycles. The number of carbonyl (C=O) groups excluding carboxylic acids is 1. The van der Waals surface area contributed by atoms with Crippen LogP contribution < -0.4 is 11.1 Å². The third-order valence-corrected chi connectivity index (χ3v) is 4.51. The van der Waals surface area contributed by atoms with E-state index in [0.717, 1.165) is 15.2 Å². The van der Waals surface area contributed by atoms with Gasteiger partial charge in [-0.05, 0) is 12.1 Å². The summed E-state index contributed by atoms with van der Waals surface area (Å²) in [5.74, 6) is -0.0783. The van der Waals surface area contributed by atoms with Crippen molar-refractivity contribution >= 4 is 33.3 Å². The van der Waals surface area contributed by atoms with Crippen molar-refractivity contribution in [2.75, 3.05) is 12.3 Å². The number of thiazole rings is 1. The molecule has 0 saturated heterocycles. The molecular weight excluding hydrogens is 298 g/mol. The van der Waals surface area contributed by atoms with Gasteiger partial charge in [-0.3, -0.25) is 4.79 Å². The molecule has 1 amide bonds. The van der Waals surface area contributed by atoms with E-state index in [0.29, 0.717) is 6.54 Å². The largest absolute Gasteiger partial charge is 0.382 e. The third-order valence-electron chi connectivity index (χ3n) is 3.24. The maximum atomic E-state index is 12.1. The summed E-state index contributed by atoms with van der Waals surface area (Å²) in [5, 5.41) is 3.82. The van der Waals surface area contributed by atoms with Crippen LogP contribution in [0.15, 0.2) is 36.7 Å². The van der Waals surface area contributed by atoms with Gasteiger partial charge in [0.15, 0.2) is 11.5 Å². The Morgan fingerprint density at radius 2 is 2.09 bits per heavy atom. The van der Waals surface area contributed by atoms with Crippen molar-refractivity contribution in [3.05, 3.63) is 47.4 Å². The number of para-hydroxylation sites is 1. The van der Waals surface area contributed by atoms with Gasteiger partial charge in [0.25, 0.3) is 5.91 Å². The summed E-state index contributed by atoms with van der Waals surface area (Å²) in [6.07, 6.45) is 2.90. The van der Waals surface area contributed by atoms with E-state index in [4.69, 9.17) is 5.73 Å². The van der Waals surface area contributed by atoms with Gasteiger partial charge < -0.3 is 11.1 Å². The van der Waals surface area contributed by atoms with E-state index in [2.05, 4.69) is 20.3 Å². The summed E-state index contributed by atoms with van der Waals surface area (Å²) in [6.45, 7) is 2.49. The van der Waals surface area contributed by atoms with Crippen molar-refractivity contribution in [1.82, 2.24) is 20.3 Å². The predicted octanol–water partition coefficient (Wildman–Crippen LogP) is 2.20. The van der Waals surface area contributed by atoms with Crippen molar-refractivity contribution in [3.8, 4) is 0 Å². The Morgan fingerprint density at radius 3 is 2.86 bits per heavy atom. The van der Waals surface area contributed by atoms with E-state index >= 15 is 0 Å². The highest BCUT2D eigenvalue weighted by molar-refractivity contribution is 7.18. The molecule has 2 heterocycles. The van der Waals surface area contributed by atoms with E-state index in [1.54, 1.807) is 11.3 Å². The number of anilines is 1. The second-order valence-electron chi connectivity index (χ2n) is 4.92. The summed E-state index contributed by atoms with van der Waals surface area (Å²) in [7, 11) is 0. The average Bonchev–Trinajstić information content (AvgIpc) is 2.97. The van der Waals surface area contributed by atoms with Crippen LogP contribution in [0.1, 0.15) is 28.3 Å². The number of nitrogens with one attached hydrogen (secondary N) is 1. The van der Waals surface area contributed by atoms with Gasteiger partial charge in [0.1, 0.15) is 0 Å². The zero-order valence-electron chi connectivity index (χ0n) is 12.0. The number of nitrogens with two attached hydrogens (primary N) is 1. The fourth-order valence-corrected chi connectivity index (χ4v) is 3.06. The molecule has 3 aromatic rings. The molecular formula is C15H15N5OS. The molecule has 0 fully saturated rings. The molecule has 0 aliphatic rings. The third kappa shape index (κ3) is 2.89. The molecule has 6 nitrogen and oxygen atoms in total. The van der Waals surface area contributed by atoms with Crippen LogP contribution in [0.2, 0.25) is 0 Å². The number of hydrogen-bond donors (Lipinski definition) is 2. The zero-order chi connectivity index (χ0) is 15.5. The Hall–Kier alpha value is -2.54. The van der Waals surface area contributed by atoms with Gasteiger partial charge >= 0.3 is 0 Å². The average molecular weight is 313 g/mol. The van der Waals surface area contributed by atoms with Crippen molar-refractivity contribution < 1.29 is 4.79 Å². The number of aromatic nitrogens is 3. The quantitative estimate of drug-likeness (QED) is 0.770. The second-order valence-corrected chi connectivity index (χ2v) is 5.98. The monoisotopic (exact) mass is 313 g/mol. The number of nitrogen functional groups attached to an aromatic ring is 1. The fourth-order valence-electron chi connectivity index (χ4n) is 2.04. The van der Waals surface area contributed by atoms with Crippen LogP contribution in [0.25, 0.3) is 10.2 Å². The first-order valence-corrected chi connectivity index (χ1v) is 7.67. The van der Waals surface area contributed by atoms with Gasteiger partial charge in [-0.2, -0.15) is 0 Å². The highest BCUT2D eigenvalue weighted by atomic mass is 32.1. The molecule has 2 aromatic heterocycles. The van der Waals surface area contributed by atoms with E-state index in [1.165, 1.54) is 12.4 Å². The Balaban J connectivity index is 1.68. The molecule has 0 aliphatic heterocycles. The molecule has 0 radical (unpaired) electrons. The Labute approximate surface area is 131 Å². The first-order chi connectivity index (χ1) is 10.6. The van der Waals surface area contributed by atoms with Gasteiger partial charge in [0.05, 0.1) is 15.2 Å². The molecule has 112 valence electrons. The van der Waals surface area contributed by atoms with E-state index in [9.17, 15) is 4.79 Å². The lowest BCUT2D eigenvalue weighted by Crippen LogP contribution is -2.29. The molecule has 1 unspecified atom stereocenters. The summed E-state index contributed by atoms with van der Waals surface area (Å²) >= 11 is 1.64. The lowest BCUT2D eigenvalue weighted by molar-refractivity contribution is 0.0947. The predicted molar refractivity (Wildman–Crippen MR) is 86.8 cm³/mol. The molecule has 1 aromatic carbocycles. The van der Waals surface area contributed by atoms with Gasteiger partial charge in [0, 0.05) is 24.9 Å². The highest BCUT2D eigenvalue weighted by Gasteiger charge is 2.15. The minimum atomic E-state index is -0.321. The van der Waals surface area contributed by atoms with Gasteiger partial charge in [-0.1, -0.05) is 19.1 Å². The summed E-state index contributed by atoms with van der Waals surface area (Å²) in [6, 6.07) is 7.99. The Morgan fingerprint density at radius 1 is 1.32 bits per heavy atom. The van der Waals surface area contributed by atoms with Crippen LogP contribution in [0, 0.1) is 0 Å². The maximum absolute atomic E-state index is 12.1. The van der Waals surface area contributed by atoms with Gasteiger partial charge in [-0.25, -0.2) is 15.0 Å². The molecule has 3 rings (SSSR count). The topological polar surface area (TPSA) is 93.8 Å². The van der Waals surface area contributed by atoms with Crippen LogP contribution in [-0.2, 0) is 0 Å². The standard InChI is InChI=1S/C15H15N5OS/c1-9(15-20-10-4-2-3-5-11(10)22-15)8-19-14(21)12-13(16)18-7-6-17-12/h2-7,9H,8H2,1H3,(H2,16,18)(H,19,21). The molecule has 3 N–H and O–H groups in total. The molecule has 0 bridgehead atoms. The lowest BCUT2D eigenvalue weighted by atomic mass is 10.2. The van der Waals surface area contributed by atoms with Gasteiger partial charge in [0.2, 0.25) is 0 Å². The fraction of sp³-hybridized carbons (Fsp3) is 0.200. The molecule has 0 saturated carbocycles. The van der Waals surface area contributed by atoms with Crippen LogP contribution in [0.4, 0.5) is 5.82 Å². The summed E-state index contributed by atoms with van der Waals surface area (Å²) in [4.78, 5) is 24.5. The summed E-state index contributed by atoms with van der Waals surface area (Å²) < 4.78 is 1.15. The summed E-state index contributed by atoms with van der Waals surface area (Å²) in [5.41, 5.74) is 6.78. The van der Waals surface area contributed by atoms with E-state index in [-0.39, 0.29) is 23.3 Å². The van der Waals surface area contributed by atoms with E-state index in [1.807, 2.05) is 31.2 Å². The Kier molecular flexibility index (Phi) is 3.97. The van der Waals surface area contributed by atoms with E-state index < -0.39 is 0 Å². The molecule has 7 heteroatoms. The Bertz CT molecular complexity index is 783. The number of benzene rings is 1. The van der Waals surface area contributed by atoms with Crippen molar-refractivity contribution in [3.63, 3.8) is 0 Å². The number of amides is 1. The van der Waals surface area contributed by atoms with Gasteiger partial charge in [-0.15, -0.1) is 11.3 Å². The minimum Gasteiger partial charge on any atom is -0.382 e. The zero-order valence-corrected chi connectivity index (χ0v) is 12.8. The molecule has 22 heavy (non-hydrogen) atoms. The van der Waals surface area contributed by atoms with Crippen LogP contribution in [0.3, 0.4) is 0 Å². The van der Waals surface area contributed by atoms with Crippen LogP contribution >= 0.6 is 11.3 Å². The van der Waals surface area contributed by atoms with Crippen molar-refractivity contribution in [1.29, 1.82) is 0 Å². The number of fused-ring (bicyclic) bond motifs is 1. The highest BCUT2D eigenvalue weighted by Crippen LogP contribution is 2.26. The molecule has 1 atom stereocenters. The smallest absolute Gasteiger partial charge is 0.273 e. The number of nitrogens with zero attached hydrogens (tertiary/aromatic N) is 3. The number of carbonyl (C=O) groups is 1. The minimum absolute atomic E-state index is 0.110. The first kappa shape index (κ1) is 14.4. The molecule has 0 spiro atoms. The second kappa shape index (κ2) is 6.07. The normalized spacial score (nSPS) is 12.2. The van der Waals surface area contributed by atoms with Crippen LogP contribution in [0.5, 0.6) is 0 Å². The number of rotatable bonds is 4. The number of hydrogen-bond acceptors (Lipinski definition) is 6. The maximum Gasteiger partial charge on any atom is 0.273 e. The lowest BCUT2D eigenvalue weighted by Gasteiger charge is -2.10. The first-order valence-electron chi connectivity index (χ1n) is 6.85. The van der Waals surface area contributed by atoms with Crippen LogP contribution in [-0.4, -0.2) is 27.4 Å². The van der Waals surface area contributed by atoms with Crippen molar-refractivity contribution in [2.45, 2.75) is 12.8 Å².